The van der Waals surface area contributed by atoms with Gasteiger partial charge in [-0.3, -0.25) is 4.79 Å². The van der Waals surface area contributed by atoms with Crippen LogP contribution in [0.4, 0.5) is 17.6 Å². The Hall–Kier alpha value is -3.37. The van der Waals surface area contributed by atoms with Crippen LogP contribution in [0, 0.1) is 5.82 Å². The molecule has 0 aliphatic heterocycles. The number of aliphatic hydroxyl groups is 1. The number of nitrogens with zero attached hydrogens (tertiary/aromatic N) is 1. The number of alkyl halides is 3. The van der Waals surface area contributed by atoms with Crippen molar-refractivity contribution >= 4 is 17.6 Å². The number of benzene rings is 2. The lowest BCUT2D eigenvalue weighted by Gasteiger charge is -2.37. The van der Waals surface area contributed by atoms with Gasteiger partial charge in [0.15, 0.2) is 5.60 Å². The number of hydrogen-bond donors (Lipinski definition) is 2. The summed E-state index contributed by atoms with van der Waals surface area (Å²) >= 11 is 6.22. The van der Waals surface area contributed by atoms with E-state index in [2.05, 4.69) is 0 Å². The Morgan fingerprint density at radius 1 is 1.09 bits per heavy atom. The first-order valence-corrected chi connectivity index (χ1v) is 10.1. The molecule has 0 saturated carbocycles. The van der Waals surface area contributed by atoms with E-state index in [9.17, 15) is 32.3 Å². The third kappa shape index (κ3) is 4.64. The fraction of sp³-hybridized carbons (Fsp3) is 0.217. The van der Waals surface area contributed by atoms with Crippen LogP contribution in [0.15, 0.2) is 59.5 Å². The number of hydrogen-bond acceptors (Lipinski definition) is 4. The largest absolute Gasteiger partial charge is 0.478 e. The van der Waals surface area contributed by atoms with Gasteiger partial charge in [0, 0.05) is 41.9 Å². The zero-order chi connectivity index (χ0) is 25.4. The maximum Gasteiger partial charge on any atom is 0.422 e. The number of pyridine rings is 1. The van der Waals surface area contributed by atoms with Crippen molar-refractivity contribution in [3.63, 3.8) is 0 Å². The molecular weight excluding hydrogens is 482 g/mol. The summed E-state index contributed by atoms with van der Waals surface area (Å²) in [6.07, 6.45) is -4.21. The molecule has 34 heavy (non-hydrogen) atoms. The minimum atomic E-state index is -5.12. The molecule has 0 aliphatic rings. The SMILES string of the molecule is C[C@H](c1ccc(Oc2ccc(C(=O)O)c(F)c2)cc1Cl)[C@@](O)(c1ccc(=O)n(C)c1)C(F)(F)F. The second-order valence-electron chi connectivity index (χ2n) is 7.58. The van der Waals surface area contributed by atoms with E-state index in [1.54, 1.807) is 0 Å². The number of carboxylic acids is 1. The summed E-state index contributed by atoms with van der Waals surface area (Å²) in [5.74, 6) is -4.11. The molecule has 0 unspecified atom stereocenters. The number of rotatable bonds is 6. The lowest BCUT2D eigenvalue weighted by Crippen LogP contribution is -2.47. The fourth-order valence-electron chi connectivity index (χ4n) is 3.49. The van der Waals surface area contributed by atoms with E-state index in [0.29, 0.717) is 0 Å². The Labute approximate surface area is 195 Å². The summed E-state index contributed by atoms with van der Waals surface area (Å²) in [5, 5.41) is 19.6. The summed E-state index contributed by atoms with van der Waals surface area (Å²) in [4.78, 5) is 22.5. The van der Waals surface area contributed by atoms with Crippen molar-refractivity contribution in [2.24, 2.45) is 7.05 Å². The summed E-state index contributed by atoms with van der Waals surface area (Å²) in [5.41, 5.74) is -5.08. The van der Waals surface area contributed by atoms with Gasteiger partial charge in [0.05, 0.1) is 5.56 Å². The second-order valence-corrected chi connectivity index (χ2v) is 7.99. The van der Waals surface area contributed by atoms with Gasteiger partial charge in [-0.1, -0.05) is 24.6 Å². The zero-order valence-electron chi connectivity index (χ0n) is 17.7. The maximum atomic E-state index is 14.1. The molecule has 0 spiro atoms. The average molecular weight is 500 g/mol. The third-order valence-electron chi connectivity index (χ3n) is 5.43. The van der Waals surface area contributed by atoms with Crippen molar-refractivity contribution < 1.29 is 37.3 Å². The highest BCUT2D eigenvalue weighted by Crippen LogP contribution is 2.49. The molecule has 0 amide bonds. The van der Waals surface area contributed by atoms with Gasteiger partial charge in [-0.25, -0.2) is 9.18 Å². The van der Waals surface area contributed by atoms with Gasteiger partial charge < -0.3 is 19.5 Å². The number of carboxylic acid groups (broad SMARTS) is 1. The molecular formula is C23H18ClF4NO5. The first kappa shape index (κ1) is 25.3. The van der Waals surface area contributed by atoms with Crippen LogP contribution >= 0.6 is 11.6 Å². The molecule has 0 aliphatic carbocycles. The Bertz CT molecular complexity index is 1310. The van der Waals surface area contributed by atoms with Gasteiger partial charge in [0.1, 0.15) is 17.3 Å². The van der Waals surface area contributed by atoms with E-state index in [0.717, 1.165) is 42.0 Å². The normalized spacial score (nSPS) is 14.4. The molecule has 3 rings (SSSR count). The third-order valence-corrected chi connectivity index (χ3v) is 5.76. The smallest absolute Gasteiger partial charge is 0.422 e. The Kier molecular flexibility index (Phi) is 6.77. The van der Waals surface area contributed by atoms with Crippen molar-refractivity contribution in [1.29, 1.82) is 0 Å². The van der Waals surface area contributed by atoms with Crippen molar-refractivity contribution in [3.8, 4) is 11.5 Å². The highest BCUT2D eigenvalue weighted by molar-refractivity contribution is 6.31. The molecule has 0 bridgehead atoms. The molecule has 0 radical (unpaired) electrons. The van der Waals surface area contributed by atoms with Crippen molar-refractivity contribution in [2.45, 2.75) is 24.6 Å². The molecule has 6 nitrogen and oxygen atoms in total. The van der Waals surface area contributed by atoms with Crippen molar-refractivity contribution in [2.75, 3.05) is 0 Å². The van der Waals surface area contributed by atoms with E-state index in [-0.39, 0.29) is 22.1 Å². The van der Waals surface area contributed by atoms with Crippen LogP contribution in [0.25, 0.3) is 0 Å². The molecule has 11 heteroatoms. The average Bonchev–Trinajstić information content (AvgIpc) is 2.73. The van der Waals surface area contributed by atoms with Crippen LogP contribution < -0.4 is 10.3 Å². The number of halogens is 5. The van der Waals surface area contributed by atoms with E-state index < -0.39 is 46.2 Å². The van der Waals surface area contributed by atoms with E-state index in [4.69, 9.17) is 21.4 Å². The van der Waals surface area contributed by atoms with Gasteiger partial charge in [-0.2, -0.15) is 13.2 Å². The molecule has 2 N–H and O–H groups in total. The maximum absolute atomic E-state index is 14.1. The minimum Gasteiger partial charge on any atom is -0.478 e. The topological polar surface area (TPSA) is 88.8 Å². The van der Waals surface area contributed by atoms with Crippen LogP contribution in [-0.4, -0.2) is 26.9 Å². The lowest BCUT2D eigenvalue weighted by molar-refractivity contribution is -0.274. The van der Waals surface area contributed by atoms with Crippen LogP contribution in [0.1, 0.15) is 34.3 Å². The van der Waals surface area contributed by atoms with Crippen molar-refractivity contribution in [1.82, 2.24) is 4.57 Å². The van der Waals surface area contributed by atoms with Crippen molar-refractivity contribution in [3.05, 3.63) is 92.6 Å². The lowest BCUT2D eigenvalue weighted by atomic mass is 9.78. The van der Waals surface area contributed by atoms with Crippen LogP contribution in [0.2, 0.25) is 5.02 Å². The van der Waals surface area contributed by atoms with Crippen LogP contribution in [0.3, 0.4) is 0 Å². The highest BCUT2D eigenvalue weighted by atomic mass is 35.5. The summed E-state index contributed by atoms with van der Waals surface area (Å²) < 4.78 is 62.5. The van der Waals surface area contributed by atoms with Gasteiger partial charge in [0.25, 0.3) is 0 Å². The first-order chi connectivity index (χ1) is 15.8. The van der Waals surface area contributed by atoms with Gasteiger partial charge in [0.2, 0.25) is 5.56 Å². The number of carbonyl (C=O) groups is 1. The Morgan fingerprint density at radius 2 is 1.71 bits per heavy atom. The molecule has 2 atom stereocenters. The Balaban J connectivity index is 1.97. The number of aromatic nitrogens is 1. The monoisotopic (exact) mass is 499 g/mol. The summed E-state index contributed by atoms with van der Waals surface area (Å²) in [6.45, 7) is 1.14. The van der Waals surface area contributed by atoms with Gasteiger partial charge >= 0.3 is 12.1 Å². The predicted octanol–water partition coefficient (Wildman–Crippen LogP) is 5.22. The first-order valence-electron chi connectivity index (χ1n) is 9.72. The van der Waals surface area contributed by atoms with E-state index in [1.165, 1.54) is 31.3 Å². The predicted molar refractivity (Wildman–Crippen MR) is 115 cm³/mol. The quantitative estimate of drug-likeness (QED) is 0.454. The fourth-order valence-corrected chi connectivity index (χ4v) is 3.83. The summed E-state index contributed by atoms with van der Waals surface area (Å²) in [6, 6.07) is 8.57. The number of ether oxygens (including phenoxy) is 1. The molecule has 180 valence electrons. The molecule has 0 saturated heterocycles. The molecule has 0 fully saturated rings. The molecule has 1 aromatic heterocycles. The summed E-state index contributed by atoms with van der Waals surface area (Å²) in [7, 11) is 1.26. The highest BCUT2D eigenvalue weighted by Gasteiger charge is 2.59. The minimum absolute atomic E-state index is 0.0427. The van der Waals surface area contributed by atoms with Crippen LogP contribution in [0.5, 0.6) is 11.5 Å². The molecule has 2 aromatic carbocycles. The number of aromatic carboxylic acids is 1. The zero-order valence-corrected chi connectivity index (χ0v) is 18.5. The molecule has 1 heterocycles. The van der Waals surface area contributed by atoms with Gasteiger partial charge in [-0.15, -0.1) is 0 Å². The van der Waals surface area contributed by atoms with E-state index in [1.807, 2.05) is 0 Å². The van der Waals surface area contributed by atoms with E-state index >= 15 is 0 Å². The van der Waals surface area contributed by atoms with Gasteiger partial charge in [-0.05, 0) is 35.9 Å². The molecule has 3 aromatic rings. The standard InChI is InChI=1S/C23H18ClF4NO5/c1-12(22(33,23(26,27)28)13-3-8-20(30)29(2)11-13)16-6-4-14(9-18(16)24)34-15-5-7-17(21(31)32)19(25)10-15/h3-12,33H,1-2H3,(H,31,32)/t12-,22-/m1/s1. The number of aryl methyl sites for hydroxylation is 1. The second kappa shape index (κ2) is 9.11. The Morgan fingerprint density at radius 3 is 2.24 bits per heavy atom. The van der Waals surface area contributed by atoms with Crippen LogP contribution in [-0.2, 0) is 12.6 Å².